The van der Waals surface area contributed by atoms with Gasteiger partial charge in [-0.3, -0.25) is 9.67 Å². The lowest BCUT2D eigenvalue weighted by Gasteiger charge is -2.09. The maximum Gasteiger partial charge on any atom is 0.125 e. The summed E-state index contributed by atoms with van der Waals surface area (Å²) in [4.78, 5) is 4.18. The minimum Gasteiger partial charge on any atom is -0.382 e. The molecule has 0 aromatic carbocycles. The molecule has 0 radical (unpaired) electrons. The molecule has 0 amide bonds. The van der Waals surface area contributed by atoms with E-state index in [1.165, 1.54) is 0 Å². The number of aromatic nitrogens is 3. The normalized spacial score (nSPS) is 12.6. The van der Waals surface area contributed by atoms with Crippen molar-refractivity contribution in [1.82, 2.24) is 14.8 Å². The smallest absolute Gasteiger partial charge is 0.125 e. The summed E-state index contributed by atoms with van der Waals surface area (Å²) in [5, 5.41) is 14.4. The molecule has 0 fully saturated rings. The average molecular weight is 296 g/mol. The van der Waals surface area contributed by atoms with Crippen molar-refractivity contribution < 1.29 is 5.11 Å². The average Bonchev–Trinajstić information content (AvgIpc) is 2.78. The fraction of sp³-hybridized carbons (Fsp3) is 0.333. The van der Waals surface area contributed by atoms with Gasteiger partial charge in [-0.05, 0) is 34.5 Å². The Kier molecular flexibility index (Phi) is 3.91. The number of pyridine rings is 1. The van der Waals surface area contributed by atoms with E-state index in [0.29, 0.717) is 5.69 Å². The van der Waals surface area contributed by atoms with Gasteiger partial charge in [-0.25, -0.2) is 0 Å². The van der Waals surface area contributed by atoms with E-state index in [2.05, 4.69) is 32.9 Å². The lowest BCUT2D eigenvalue weighted by Crippen LogP contribution is -2.02. The fourth-order valence-electron chi connectivity index (χ4n) is 1.63. The zero-order valence-electron chi connectivity index (χ0n) is 9.55. The number of nitrogens with zero attached hydrogens (tertiary/aromatic N) is 3. The van der Waals surface area contributed by atoms with Crippen molar-refractivity contribution in [3.63, 3.8) is 0 Å². The Morgan fingerprint density at radius 2 is 2.35 bits per heavy atom. The first kappa shape index (κ1) is 12.3. The molecule has 0 aliphatic carbocycles. The third kappa shape index (κ3) is 2.73. The van der Waals surface area contributed by atoms with Gasteiger partial charge in [-0.1, -0.05) is 6.92 Å². The Bertz CT molecular complexity index is 498. The molecule has 2 aromatic rings. The molecule has 2 rings (SSSR count). The molecule has 17 heavy (non-hydrogen) atoms. The van der Waals surface area contributed by atoms with Crippen LogP contribution < -0.4 is 0 Å². The van der Waals surface area contributed by atoms with E-state index in [9.17, 15) is 5.11 Å². The van der Waals surface area contributed by atoms with Crippen LogP contribution in [-0.4, -0.2) is 19.9 Å². The summed E-state index contributed by atoms with van der Waals surface area (Å²) in [5.74, 6) is 0. The Balaban J connectivity index is 2.24. The van der Waals surface area contributed by atoms with E-state index < -0.39 is 6.10 Å². The summed E-state index contributed by atoms with van der Waals surface area (Å²) in [6, 6.07) is 3.68. The summed E-state index contributed by atoms with van der Waals surface area (Å²) >= 11 is 3.38. The van der Waals surface area contributed by atoms with Crippen LogP contribution in [-0.2, 0) is 6.54 Å². The van der Waals surface area contributed by atoms with Gasteiger partial charge in [0.2, 0.25) is 0 Å². The zero-order chi connectivity index (χ0) is 12.3. The number of halogens is 1. The van der Waals surface area contributed by atoms with Crippen LogP contribution >= 0.6 is 15.9 Å². The topological polar surface area (TPSA) is 50.9 Å². The molecule has 0 bridgehead atoms. The van der Waals surface area contributed by atoms with Gasteiger partial charge < -0.3 is 5.11 Å². The van der Waals surface area contributed by atoms with Gasteiger partial charge in [0.15, 0.2) is 0 Å². The summed E-state index contributed by atoms with van der Waals surface area (Å²) in [7, 11) is 0. The van der Waals surface area contributed by atoms with Crippen molar-refractivity contribution >= 4 is 15.9 Å². The van der Waals surface area contributed by atoms with Gasteiger partial charge in [0.1, 0.15) is 6.10 Å². The van der Waals surface area contributed by atoms with Crippen LogP contribution in [0.15, 0.2) is 35.2 Å². The van der Waals surface area contributed by atoms with Crippen LogP contribution in [0.2, 0.25) is 0 Å². The zero-order valence-corrected chi connectivity index (χ0v) is 11.1. The van der Waals surface area contributed by atoms with E-state index >= 15 is 0 Å². The molecule has 2 heterocycles. The van der Waals surface area contributed by atoms with Crippen LogP contribution in [0.4, 0.5) is 0 Å². The first-order valence-electron chi connectivity index (χ1n) is 5.53. The monoisotopic (exact) mass is 295 g/mol. The summed E-state index contributed by atoms with van der Waals surface area (Å²) in [6.45, 7) is 2.95. The largest absolute Gasteiger partial charge is 0.382 e. The van der Waals surface area contributed by atoms with E-state index in [1.807, 2.05) is 23.0 Å². The molecular formula is C12H14BrN3O. The van der Waals surface area contributed by atoms with Gasteiger partial charge >= 0.3 is 0 Å². The number of aliphatic hydroxyl groups excluding tert-OH is 1. The van der Waals surface area contributed by atoms with Crippen LogP contribution in [0.5, 0.6) is 0 Å². The van der Waals surface area contributed by atoms with E-state index in [1.54, 1.807) is 12.4 Å². The molecule has 0 aliphatic rings. The highest BCUT2D eigenvalue weighted by Crippen LogP contribution is 2.25. The molecule has 5 heteroatoms. The maximum atomic E-state index is 10.2. The van der Waals surface area contributed by atoms with E-state index in [0.717, 1.165) is 23.0 Å². The standard InChI is InChI=1S/C12H14BrN3O/c1-2-6-16-8-9(7-15-16)12(17)11-10(13)4-3-5-14-11/h3-5,7-8,12,17H,2,6H2,1H3. The van der Waals surface area contributed by atoms with Gasteiger partial charge in [-0.2, -0.15) is 5.10 Å². The van der Waals surface area contributed by atoms with Crippen molar-refractivity contribution in [3.05, 3.63) is 46.5 Å². The molecule has 1 atom stereocenters. The Hall–Kier alpha value is -1.20. The molecule has 90 valence electrons. The second-order valence-corrected chi connectivity index (χ2v) is 4.66. The minimum atomic E-state index is -0.740. The first-order valence-corrected chi connectivity index (χ1v) is 6.32. The number of aliphatic hydroxyl groups is 1. The second kappa shape index (κ2) is 5.42. The highest BCUT2D eigenvalue weighted by Gasteiger charge is 2.16. The molecule has 4 nitrogen and oxygen atoms in total. The SMILES string of the molecule is CCCn1cc(C(O)c2ncccc2Br)cn1. The Labute approximate surface area is 108 Å². The Morgan fingerprint density at radius 1 is 1.53 bits per heavy atom. The van der Waals surface area contributed by atoms with Gasteiger partial charge in [0.25, 0.3) is 0 Å². The van der Waals surface area contributed by atoms with Crippen LogP contribution in [0.3, 0.4) is 0 Å². The maximum absolute atomic E-state index is 10.2. The summed E-state index contributed by atoms with van der Waals surface area (Å²) < 4.78 is 2.63. The van der Waals surface area contributed by atoms with Crippen LogP contribution in [0, 0.1) is 0 Å². The van der Waals surface area contributed by atoms with Gasteiger partial charge in [0, 0.05) is 29.0 Å². The summed E-state index contributed by atoms with van der Waals surface area (Å²) in [6.07, 6.45) is 5.48. The van der Waals surface area contributed by atoms with Crippen molar-refractivity contribution in [2.75, 3.05) is 0 Å². The fourth-order valence-corrected chi connectivity index (χ4v) is 2.10. The van der Waals surface area contributed by atoms with Crippen molar-refractivity contribution in [1.29, 1.82) is 0 Å². The molecular weight excluding hydrogens is 282 g/mol. The van der Waals surface area contributed by atoms with Crippen molar-refractivity contribution in [3.8, 4) is 0 Å². The molecule has 1 N–H and O–H groups in total. The molecule has 0 saturated carbocycles. The predicted octanol–water partition coefficient (Wildman–Crippen LogP) is 2.53. The molecule has 0 aliphatic heterocycles. The number of hydrogen-bond acceptors (Lipinski definition) is 3. The van der Waals surface area contributed by atoms with Crippen LogP contribution in [0.1, 0.15) is 30.7 Å². The second-order valence-electron chi connectivity index (χ2n) is 3.81. The molecule has 2 aromatic heterocycles. The third-order valence-electron chi connectivity index (χ3n) is 2.47. The molecule has 0 spiro atoms. The Morgan fingerprint density at radius 3 is 3.06 bits per heavy atom. The predicted molar refractivity (Wildman–Crippen MR) is 68.5 cm³/mol. The molecule has 1 unspecified atom stereocenters. The van der Waals surface area contributed by atoms with Crippen LogP contribution in [0.25, 0.3) is 0 Å². The summed E-state index contributed by atoms with van der Waals surface area (Å²) in [5.41, 5.74) is 1.38. The number of aryl methyl sites for hydroxylation is 1. The lowest BCUT2D eigenvalue weighted by atomic mass is 10.1. The van der Waals surface area contributed by atoms with Gasteiger partial charge in [0.05, 0.1) is 11.9 Å². The number of hydrogen-bond donors (Lipinski definition) is 1. The van der Waals surface area contributed by atoms with E-state index in [-0.39, 0.29) is 0 Å². The highest BCUT2D eigenvalue weighted by atomic mass is 79.9. The lowest BCUT2D eigenvalue weighted by molar-refractivity contribution is 0.214. The van der Waals surface area contributed by atoms with Crippen molar-refractivity contribution in [2.24, 2.45) is 0 Å². The quantitative estimate of drug-likeness (QED) is 0.943. The minimum absolute atomic E-state index is 0.614. The third-order valence-corrected chi connectivity index (χ3v) is 3.14. The number of rotatable bonds is 4. The first-order chi connectivity index (χ1) is 8.22. The van der Waals surface area contributed by atoms with Crippen molar-refractivity contribution in [2.45, 2.75) is 26.0 Å². The molecule has 0 saturated heterocycles. The van der Waals surface area contributed by atoms with Gasteiger partial charge in [-0.15, -0.1) is 0 Å². The van der Waals surface area contributed by atoms with E-state index in [4.69, 9.17) is 0 Å². The highest BCUT2D eigenvalue weighted by molar-refractivity contribution is 9.10.